The number of anilines is 2. The van der Waals surface area contributed by atoms with Crippen molar-refractivity contribution in [2.75, 3.05) is 49.6 Å². The van der Waals surface area contributed by atoms with Gasteiger partial charge in [-0.1, -0.05) is 6.07 Å². The van der Waals surface area contributed by atoms with Crippen LogP contribution in [0, 0.1) is 6.92 Å². The van der Waals surface area contributed by atoms with Gasteiger partial charge in [0.15, 0.2) is 25.0 Å². The van der Waals surface area contributed by atoms with Crippen molar-refractivity contribution in [1.29, 1.82) is 0 Å². The minimum Gasteiger partial charge on any atom is -0.488 e. The quantitative estimate of drug-likeness (QED) is 0.0759. The maximum Gasteiger partial charge on any atom is 0.373 e. The van der Waals surface area contributed by atoms with Crippen LogP contribution in [0.4, 0.5) is 11.4 Å². The molecular formula is C29H27N3O14. The Hall–Kier alpha value is -6.26. The van der Waals surface area contributed by atoms with Gasteiger partial charge in [-0.25, -0.2) is 9.78 Å². The molecule has 0 aliphatic carbocycles. The van der Waals surface area contributed by atoms with Gasteiger partial charge in [-0.2, -0.15) is 0 Å². The Morgan fingerprint density at radius 1 is 0.848 bits per heavy atom. The zero-order valence-corrected chi connectivity index (χ0v) is 24.1. The summed E-state index contributed by atoms with van der Waals surface area (Å²) in [4.78, 5) is 62.4. The molecule has 0 saturated carbocycles. The largest absolute Gasteiger partial charge is 0.488 e. The van der Waals surface area contributed by atoms with Crippen LogP contribution in [0.1, 0.15) is 16.1 Å². The number of hydrogen-bond acceptors (Lipinski definition) is 14. The molecular weight excluding hydrogens is 614 g/mol. The van der Waals surface area contributed by atoms with Crippen LogP contribution < -0.4 is 19.3 Å². The standard InChI is InChI=1S/C29H27N3O14/c1-17-2-3-19(32(13-41-15-33)14-42-16-34)22(8-17)43-6-7-44-27-18-9-23(28-30-10-24(46-28)29(39)40)45-21(18)5-4-20(27)31(11-25(35)36)12-26(37)38/h2-5,8-10,15-16H,6-7,11-14H2,1H3,(H,35,36)(H,37,38)(H,39,40). The van der Waals surface area contributed by atoms with Gasteiger partial charge in [0.1, 0.15) is 37.6 Å². The second-order valence-corrected chi connectivity index (χ2v) is 9.41. The molecule has 0 aliphatic rings. The van der Waals surface area contributed by atoms with Crippen LogP contribution in [0.15, 0.2) is 51.4 Å². The van der Waals surface area contributed by atoms with Crippen molar-refractivity contribution in [2.45, 2.75) is 6.92 Å². The summed E-state index contributed by atoms with van der Waals surface area (Å²) in [5.74, 6) is -4.10. The van der Waals surface area contributed by atoms with E-state index in [1.807, 2.05) is 6.92 Å². The van der Waals surface area contributed by atoms with E-state index in [1.54, 1.807) is 18.2 Å². The summed E-state index contributed by atoms with van der Waals surface area (Å²) in [7, 11) is 0. The predicted molar refractivity (Wildman–Crippen MR) is 155 cm³/mol. The van der Waals surface area contributed by atoms with Crippen molar-refractivity contribution in [1.82, 2.24) is 4.98 Å². The van der Waals surface area contributed by atoms with E-state index in [1.165, 1.54) is 23.1 Å². The molecule has 46 heavy (non-hydrogen) atoms. The van der Waals surface area contributed by atoms with Crippen LogP contribution in [0.2, 0.25) is 0 Å². The monoisotopic (exact) mass is 641 g/mol. The van der Waals surface area contributed by atoms with Gasteiger partial charge >= 0.3 is 17.9 Å². The molecule has 2 heterocycles. The average molecular weight is 642 g/mol. The molecule has 3 N–H and O–H groups in total. The Morgan fingerprint density at radius 2 is 1.50 bits per heavy atom. The number of carboxylic acid groups (broad SMARTS) is 3. The summed E-state index contributed by atoms with van der Waals surface area (Å²) < 4.78 is 32.7. The molecule has 4 aromatic rings. The lowest BCUT2D eigenvalue weighted by Crippen LogP contribution is -2.34. The fraction of sp³-hybridized carbons (Fsp3) is 0.241. The molecule has 242 valence electrons. The van der Waals surface area contributed by atoms with E-state index in [-0.39, 0.29) is 73.7 Å². The van der Waals surface area contributed by atoms with Gasteiger partial charge in [0, 0.05) is 6.07 Å². The first-order valence-corrected chi connectivity index (χ1v) is 13.3. The molecule has 17 heteroatoms. The molecule has 0 spiro atoms. The van der Waals surface area contributed by atoms with E-state index in [9.17, 15) is 39.3 Å². The Kier molecular flexibility index (Phi) is 10.6. The lowest BCUT2D eigenvalue weighted by atomic mass is 10.1. The van der Waals surface area contributed by atoms with Crippen LogP contribution in [0.5, 0.6) is 11.5 Å². The highest BCUT2D eigenvalue weighted by molar-refractivity contribution is 5.94. The van der Waals surface area contributed by atoms with Crippen molar-refractivity contribution >= 4 is 53.2 Å². The first-order valence-electron chi connectivity index (χ1n) is 13.3. The highest BCUT2D eigenvalue weighted by Crippen LogP contribution is 2.40. The fourth-order valence-electron chi connectivity index (χ4n) is 4.33. The topological polar surface area (TPSA) is 229 Å². The Morgan fingerprint density at radius 3 is 2.11 bits per heavy atom. The van der Waals surface area contributed by atoms with E-state index in [4.69, 9.17) is 27.8 Å². The number of aliphatic carboxylic acids is 2. The van der Waals surface area contributed by atoms with Crippen molar-refractivity contribution in [3.05, 3.63) is 53.9 Å². The zero-order valence-electron chi connectivity index (χ0n) is 24.1. The number of hydrogen-bond donors (Lipinski definition) is 3. The number of ether oxygens (including phenoxy) is 4. The molecule has 0 amide bonds. The summed E-state index contributed by atoms with van der Waals surface area (Å²) in [6.45, 7) is 0.210. The number of aromatic carboxylic acids is 1. The molecule has 4 rings (SSSR count). The number of carbonyl (C=O) groups is 5. The first-order chi connectivity index (χ1) is 22.1. The third kappa shape index (κ3) is 8.01. The van der Waals surface area contributed by atoms with Crippen LogP contribution in [0.3, 0.4) is 0 Å². The van der Waals surface area contributed by atoms with Crippen LogP contribution in [0.25, 0.3) is 22.6 Å². The molecule has 2 aromatic carbocycles. The molecule has 0 unspecified atom stereocenters. The number of furan rings is 1. The number of fused-ring (bicyclic) bond motifs is 1. The second-order valence-electron chi connectivity index (χ2n) is 9.41. The van der Waals surface area contributed by atoms with E-state index in [0.29, 0.717) is 11.4 Å². The molecule has 17 nitrogen and oxygen atoms in total. The summed E-state index contributed by atoms with van der Waals surface area (Å²) in [6.07, 6.45) is 1.00. The number of carboxylic acids is 3. The third-order valence-corrected chi connectivity index (χ3v) is 6.19. The number of aromatic nitrogens is 1. The van der Waals surface area contributed by atoms with Gasteiger partial charge in [0.05, 0.1) is 23.0 Å². The summed E-state index contributed by atoms with van der Waals surface area (Å²) in [5, 5.41) is 28.4. The number of aryl methyl sites for hydroxylation is 1. The number of carbonyl (C=O) groups excluding carboxylic acids is 2. The lowest BCUT2D eigenvalue weighted by molar-refractivity contribution is -0.136. The minimum atomic E-state index is -1.34. The summed E-state index contributed by atoms with van der Waals surface area (Å²) >= 11 is 0. The van der Waals surface area contributed by atoms with Gasteiger partial charge in [0.2, 0.25) is 5.76 Å². The number of rotatable bonds is 19. The first kappa shape index (κ1) is 32.6. The molecule has 0 aliphatic heterocycles. The smallest absolute Gasteiger partial charge is 0.373 e. The van der Waals surface area contributed by atoms with Gasteiger partial charge in [-0.15, -0.1) is 0 Å². The van der Waals surface area contributed by atoms with Crippen LogP contribution >= 0.6 is 0 Å². The second kappa shape index (κ2) is 15.0. The average Bonchev–Trinajstić information content (AvgIpc) is 3.67. The van der Waals surface area contributed by atoms with Crippen molar-refractivity contribution in [3.8, 4) is 23.1 Å². The highest BCUT2D eigenvalue weighted by atomic mass is 16.6. The van der Waals surface area contributed by atoms with Crippen LogP contribution in [-0.4, -0.2) is 90.9 Å². The maximum atomic E-state index is 11.6. The normalized spacial score (nSPS) is 10.6. The molecule has 0 atom stereocenters. The van der Waals surface area contributed by atoms with E-state index in [2.05, 4.69) is 4.98 Å². The Labute approximate surface area is 259 Å². The van der Waals surface area contributed by atoms with Crippen molar-refractivity contribution in [3.63, 3.8) is 0 Å². The van der Waals surface area contributed by atoms with Crippen LogP contribution in [-0.2, 0) is 28.7 Å². The third-order valence-electron chi connectivity index (χ3n) is 6.19. The fourth-order valence-corrected chi connectivity index (χ4v) is 4.33. The van der Waals surface area contributed by atoms with E-state index < -0.39 is 36.8 Å². The van der Waals surface area contributed by atoms with Crippen molar-refractivity contribution in [2.24, 2.45) is 0 Å². The van der Waals surface area contributed by atoms with Gasteiger partial charge < -0.3 is 52.9 Å². The zero-order chi connectivity index (χ0) is 33.2. The number of benzene rings is 2. The highest BCUT2D eigenvalue weighted by Gasteiger charge is 2.24. The van der Waals surface area contributed by atoms with E-state index in [0.717, 1.165) is 16.7 Å². The minimum absolute atomic E-state index is 0.0309. The van der Waals surface area contributed by atoms with E-state index >= 15 is 0 Å². The maximum absolute atomic E-state index is 11.6. The molecule has 0 bridgehead atoms. The number of nitrogens with zero attached hydrogens (tertiary/aromatic N) is 3. The molecule has 0 saturated heterocycles. The predicted octanol–water partition coefficient (Wildman–Crippen LogP) is 2.60. The lowest BCUT2D eigenvalue weighted by Gasteiger charge is -2.25. The Balaban J connectivity index is 1.65. The summed E-state index contributed by atoms with van der Waals surface area (Å²) in [5.41, 5.74) is 1.58. The summed E-state index contributed by atoms with van der Waals surface area (Å²) in [6, 6.07) is 9.46. The molecule has 0 radical (unpaired) electrons. The van der Waals surface area contributed by atoms with Gasteiger partial charge in [-0.05, 0) is 36.8 Å². The van der Waals surface area contributed by atoms with Gasteiger partial charge in [-0.3, -0.25) is 19.2 Å². The van der Waals surface area contributed by atoms with Gasteiger partial charge in [0.25, 0.3) is 18.8 Å². The SMILES string of the molecule is Cc1ccc(N(COC=O)COC=O)c(OCCOc2c(N(CC(=O)O)CC(=O)O)ccc3oc(-c4ncc(C(=O)O)o4)cc23)c1. The number of oxazole rings is 1. The Bertz CT molecular complexity index is 1700. The van der Waals surface area contributed by atoms with Crippen molar-refractivity contribution < 1.29 is 67.1 Å². The molecule has 0 fully saturated rings. The molecule has 2 aromatic heterocycles.